The molecule has 3 aromatic carbocycles. The summed E-state index contributed by atoms with van der Waals surface area (Å²) in [5.41, 5.74) is 4.53. The van der Waals surface area contributed by atoms with E-state index in [2.05, 4.69) is 12.1 Å². The zero-order chi connectivity index (χ0) is 19.1. The Bertz CT molecular complexity index is 1010. The van der Waals surface area contributed by atoms with Crippen LogP contribution in [0.2, 0.25) is 0 Å². The highest BCUT2D eigenvalue weighted by Gasteiger charge is 2.32. The molecule has 5 rings (SSSR count). The molecule has 0 spiro atoms. The van der Waals surface area contributed by atoms with Gasteiger partial charge in [-0.25, -0.2) is 4.79 Å². The van der Waals surface area contributed by atoms with Gasteiger partial charge in [-0.05, 0) is 23.3 Å². The molecule has 0 amide bonds. The number of hydrogen-bond acceptors (Lipinski definition) is 5. The molecular weight excluding hydrogens is 356 g/mol. The van der Waals surface area contributed by atoms with Crippen molar-refractivity contribution >= 4 is 5.97 Å². The summed E-state index contributed by atoms with van der Waals surface area (Å²) in [4.78, 5) is 13.0. The number of carbonyl (C=O) groups excluding carboxylic acids is 1. The number of esters is 1. The summed E-state index contributed by atoms with van der Waals surface area (Å²) >= 11 is 0. The van der Waals surface area contributed by atoms with E-state index in [-0.39, 0.29) is 0 Å². The highest BCUT2D eigenvalue weighted by atomic mass is 16.6. The molecule has 0 N–H and O–H groups in total. The van der Waals surface area contributed by atoms with Crippen LogP contribution >= 0.6 is 0 Å². The van der Waals surface area contributed by atoms with E-state index in [0.29, 0.717) is 36.0 Å². The highest BCUT2D eigenvalue weighted by molar-refractivity contribution is 5.92. The lowest BCUT2D eigenvalue weighted by atomic mass is 10.1. The highest BCUT2D eigenvalue weighted by Crippen LogP contribution is 2.46. The van der Waals surface area contributed by atoms with Gasteiger partial charge in [0.15, 0.2) is 17.6 Å². The molecule has 3 aromatic rings. The topological polar surface area (TPSA) is 54.0 Å². The van der Waals surface area contributed by atoms with Gasteiger partial charge in [0.25, 0.3) is 0 Å². The number of benzene rings is 3. The van der Waals surface area contributed by atoms with Gasteiger partial charge in [-0.3, -0.25) is 0 Å². The minimum absolute atomic E-state index is 0.364. The molecule has 0 bridgehead atoms. The van der Waals surface area contributed by atoms with E-state index in [4.69, 9.17) is 18.9 Å². The van der Waals surface area contributed by atoms with Crippen LogP contribution in [0.15, 0.2) is 60.7 Å². The van der Waals surface area contributed by atoms with Crippen LogP contribution in [-0.2, 0) is 4.74 Å². The van der Waals surface area contributed by atoms with Gasteiger partial charge >= 0.3 is 5.97 Å². The van der Waals surface area contributed by atoms with Crippen LogP contribution in [0.5, 0.6) is 17.2 Å². The van der Waals surface area contributed by atoms with Crippen LogP contribution in [0.1, 0.15) is 27.6 Å². The van der Waals surface area contributed by atoms with E-state index in [1.54, 1.807) is 12.1 Å². The van der Waals surface area contributed by atoms with Crippen molar-refractivity contribution in [1.29, 1.82) is 0 Å². The van der Waals surface area contributed by atoms with Crippen molar-refractivity contribution in [2.45, 2.75) is 6.10 Å². The van der Waals surface area contributed by atoms with E-state index in [1.807, 2.05) is 36.4 Å². The quantitative estimate of drug-likeness (QED) is 0.637. The predicted molar refractivity (Wildman–Crippen MR) is 103 cm³/mol. The molecule has 0 saturated heterocycles. The number of rotatable bonds is 3. The van der Waals surface area contributed by atoms with Gasteiger partial charge in [0.1, 0.15) is 13.2 Å². The summed E-state index contributed by atoms with van der Waals surface area (Å²) in [6.45, 7) is 0.876. The lowest BCUT2D eigenvalue weighted by molar-refractivity contribution is 0.0384. The molecule has 1 aliphatic heterocycles. The molecule has 0 saturated carbocycles. The van der Waals surface area contributed by atoms with Gasteiger partial charge in [-0.2, -0.15) is 0 Å². The van der Waals surface area contributed by atoms with Crippen LogP contribution in [0.25, 0.3) is 11.1 Å². The summed E-state index contributed by atoms with van der Waals surface area (Å²) in [6, 6.07) is 19.3. The van der Waals surface area contributed by atoms with E-state index in [0.717, 1.165) is 22.3 Å². The number of hydrogen-bond donors (Lipinski definition) is 0. The van der Waals surface area contributed by atoms with Crippen molar-refractivity contribution in [2.75, 3.05) is 20.3 Å². The molecular formula is C23H18O5. The fourth-order valence-corrected chi connectivity index (χ4v) is 3.80. The first kappa shape index (κ1) is 16.7. The first-order valence-electron chi connectivity index (χ1n) is 9.13. The smallest absolute Gasteiger partial charge is 0.339 e. The monoisotopic (exact) mass is 374 g/mol. The Morgan fingerprint density at radius 3 is 2.25 bits per heavy atom. The van der Waals surface area contributed by atoms with Crippen molar-refractivity contribution in [3.63, 3.8) is 0 Å². The molecule has 5 nitrogen and oxygen atoms in total. The lowest BCUT2D eigenvalue weighted by Gasteiger charge is -2.21. The summed E-state index contributed by atoms with van der Waals surface area (Å²) in [5.74, 6) is 1.02. The van der Waals surface area contributed by atoms with E-state index in [9.17, 15) is 4.79 Å². The molecule has 0 radical (unpaired) electrons. The Labute approximate surface area is 162 Å². The minimum Gasteiger partial charge on any atom is -0.493 e. The van der Waals surface area contributed by atoms with Gasteiger partial charge in [0.05, 0.1) is 12.7 Å². The second kappa shape index (κ2) is 6.60. The number of fused-ring (bicyclic) bond motifs is 4. The summed E-state index contributed by atoms with van der Waals surface area (Å²) < 4.78 is 22.6. The van der Waals surface area contributed by atoms with Crippen molar-refractivity contribution in [2.24, 2.45) is 0 Å². The average Bonchev–Trinajstić information content (AvgIpc) is 3.07. The van der Waals surface area contributed by atoms with Crippen molar-refractivity contribution in [1.82, 2.24) is 0 Å². The van der Waals surface area contributed by atoms with Crippen LogP contribution in [0.4, 0.5) is 0 Å². The first-order valence-corrected chi connectivity index (χ1v) is 9.13. The van der Waals surface area contributed by atoms with Crippen molar-refractivity contribution in [3.05, 3.63) is 77.4 Å². The third-order valence-corrected chi connectivity index (χ3v) is 5.07. The molecule has 28 heavy (non-hydrogen) atoms. The summed E-state index contributed by atoms with van der Waals surface area (Å²) in [7, 11) is 1.53. The van der Waals surface area contributed by atoms with Crippen LogP contribution in [-0.4, -0.2) is 26.3 Å². The average molecular weight is 374 g/mol. The standard InChI is InChI=1S/C23H18O5/c1-25-19-12-14(13-20-22(19)27-11-10-26-20)23(24)28-21-17-8-4-2-6-15(17)16-7-3-5-9-18(16)21/h2-9,12-13,21H,10-11H2,1H3. The number of methoxy groups -OCH3 is 1. The number of ether oxygens (including phenoxy) is 4. The molecule has 0 unspecified atom stereocenters. The maximum atomic E-state index is 13.0. The maximum Gasteiger partial charge on any atom is 0.339 e. The third kappa shape index (κ3) is 2.59. The Morgan fingerprint density at radius 1 is 0.929 bits per heavy atom. The third-order valence-electron chi connectivity index (χ3n) is 5.07. The summed E-state index contributed by atoms with van der Waals surface area (Å²) in [6.07, 6.45) is -0.445. The minimum atomic E-state index is -0.445. The molecule has 0 fully saturated rings. The van der Waals surface area contributed by atoms with Gasteiger partial charge in [0, 0.05) is 11.1 Å². The fourth-order valence-electron chi connectivity index (χ4n) is 3.80. The van der Waals surface area contributed by atoms with Crippen LogP contribution in [0.3, 0.4) is 0 Å². The summed E-state index contributed by atoms with van der Waals surface area (Å²) in [5, 5.41) is 0. The maximum absolute atomic E-state index is 13.0. The molecule has 1 aliphatic carbocycles. The first-order chi connectivity index (χ1) is 13.8. The molecule has 0 atom stereocenters. The van der Waals surface area contributed by atoms with Gasteiger partial charge < -0.3 is 18.9 Å². The van der Waals surface area contributed by atoms with E-state index in [1.165, 1.54) is 7.11 Å². The SMILES string of the molecule is COc1cc(C(=O)OC2c3ccccc3-c3ccccc32)cc2c1OCCO2. The van der Waals surface area contributed by atoms with Gasteiger partial charge in [0.2, 0.25) is 5.75 Å². The largest absolute Gasteiger partial charge is 0.493 e. The van der Waals surface area contributed by atoms with Crippen molar-refractivity contribution < 1.29 is 23.7 Å². The molecule has 140 valence electrons. The van der Waals surface area contributed by atoms with Gasteiger partial charge in [-0.1, -0.05) is 48.5 Å². The van der Waals surface area contributed by atoms with Crippen LogP contribution in [0, 0.1) is 0 Å². The van der Waals surface area contributed by atoms with E-state index < -0.39 is 12.1 Å². The zero-order valence-corrected chi connectivity index (χ0v) is 15.3. The Morgan fingerprint density at radius 2 is 1.57 bits per heavy atom. The zero-order valence-electron chi connectivity index (χ0n) is 15.3. The second-order valence-electron chi connectivity index (χ2n) is 6.66. The predicted octanol–water partition coefficient (Wildman–Crippen LogP) is 4.39. The fraction of sp³-hybridized carbons (Fsp3) is 0.174. The van der Waals surface area contributed by atoms with Crippen molar-refractivity contribution in [3.8, 4) is 28.4 Å². The lowest BCUT2D eigenvalue weighted by Crippen LogP contribution is -2.17. The Kier molecular flexibility index (Phi) is 3.93. The van der Waals surface area contributed by atoms with Crippen LogP contribution < -0.4 is 14.2 Å². The number of carbonyl (C=O) groups is 1. The van der Waals surface area contributed by atoms with Gasteiger partial charge in [-0.15, -0.1) is 0 Å². The molecule has 1 heterocycles. The molecule has 2 aliphatic rings. The Balaban J connectivity index is 1.51. The molecule has 0 aromatic heterocycles. The normalized spacial score (nSPS) is 14.2. The van der Waals surface area contributed by atoms with E-state index >= 15 is 0 Å². The molecule has 5 heteroatoms. The second-order valence-corrected chi connectivity index (χ2v) is 6.66. The Hall–Kier alpha value is -3.47.